The van der Waals surface area contributed by atoms with E-state index >= 15 is 0 Å². The van der Waals surface area contributed by atoms with Gasteiger partial charge in [-0.25, -0.2) is 10.8 Å². The third kappa shape index (κ3) is 3.50. The number of aromatic nitrogens is 1. The van der Waals surface area contributed by atoms with Gasteiger partial charge in [0.1, 0.15) is 5.82 Å². The van der Waals surface area contributed by atoms with Crippen molar-refractivity contribution in [3.8, 4) is 6.07 Å². The van der Waals surface area contributed by atoms with Gasteiger partial charge in [0.25, 0.3) is 0 Å². The zero-order chi connectivity index (χ0) is 12.0. The Hall–Kier alpha value is -1.64. The van der Waals surface area contributed by atoms with Crippen molar-refractivity contribution >= 4 is 5.82 Å². The predicted octanol–water partition coefficient (Wildman–Crippen LogP) is 0.959. The molecule has 0 saturated heterocycles. The van der Waals surface area contributed by atoms with E-state index in [1.165, 1.54) is 0 Å². The lowest BCUT2D eigenvalue weighted by Crippen LogP contribution is -2.24. The molecule has 0 aliphatic carbocycles. The van der Waals surface area contributed by atoms with Crippen LogP contribution in [0.2, 0.25) is 0 Å². The summed E-state index contributed by atoms with van der Waals surface area (Å²) in [5.74, 6) is 6.07. The average Bonchev–Trinajstić information content (AvgIpc) is 2.29. The number of pyridine rings is 1. The van der Waals surface area contributed by atoms with Crippen LogP contribution in [-0.2, 0) is 6.54 Å². The Morgan fingerprint density at radius 3 is 3.06 bits per heavy atom. The van der Waals surface area contributed by atoms with Crippen LogP contribution < -0.4 is 11.3 Å². The molecule has 1 aromatic heterocycles. The van der Waals surface area contributed by atoms with Crippen LogP contribution in [-0.4, -0.2) is 23.5 Å². The summed E-state index contributed by atoms with van der Waals surface area (Å²) in [6.45, 7) is 3.36. The van der Waals surface area contributed by atoms with E-state index in [1.54, 1.807) is 6.20 Å². The normalized spacial score (nSPS) is 12.2. The van der Waals surface area contributed by atoms with Crippen LogP contribution in [0.25, 0.3) is 0 Å². The number of hydrogen-bond acceptors (Lipinski definition) is 5. The van der Waals surface area contributed by atoms with Crippen LogP contribution in [0, 0.1) is 17.2 Å². The second-order valence-corrected chi connectivity index (χ2v) is 3.88. The number of nitrogen functional groups attached to an aromatic ring is 1. The summed E-state index contributed by atoms with van der Waals surface area (Å²) < 4.78 is 0. The molecule has 0 fully saturated rings. The quantitative estimate of drug-likeness (QED) is 0.569. The molecule has 5 heteroatoms. The van der Waals surface area contributed by atoms with Crippen molar-refractivity contribution in [1.29, 1.82) is 5.26 Å². The smallest absolute Gasteiger partial charge is 0.144 e. The summed E-state index contributed by atoms with van der Waals surface area (Å²) in [6, 6.07) is 6.05. The van der Waals surface area contributed by atoms with Crippen molar-refractivity contribution in [2.75, 3.05) is 19.0 Å². The summed E-state index contributed by atoms with van der Waals surface area (Å²) >= 11 is 0. The maximum Gasteiger partial charge on any atom is 0.144 e. The Morgan fingerprint density at radius 1 is 1.69 bits per heavy atom. The zero-order valence-corrected chi connectivity index (χ0v) is 9.64. The Kier molecular flexibility index (Phi) is 4.70. The SMILES string of the molecule is CC(C#N)CN(C)Cc1cccnc1NN. The first kappa shape index (κ1) is 12.4. The minimum absolute atomic E-state index is 0.0240. The molecule has 0 spiro atoms. The number of hydrazine groups is 1. The highest BCUT2D eigenvalue weighted by molar-refractivity contribution is 5.42. The van der Waals surface area contributed by atoms with Gasteiger partial charge in [-0.05, 0) is 20.0 Å². The summed E-state index contributed by atoms with van der Waals surface area (Å²) in [4.78, 5) is 6.20. The van der Waals surface area contributed by atoms with Crippen LogP contribution >= 0.6 is 0 Å². The maximum atomic E-state index is 8.73. The number of nitriles is 1. The fourth-order valence-corrected chi connectivity index (χ4v) is 1.56. The van der Waals surface area contributed by atoms with Gasteiger partial charge in [0.05, 0.1) is 12.0 Å². The molecule has 0 amide bonds. The maximum absolute atomic E-state index is 8.73. The van der Waals surface area contributed by atoms with E-state index in [4.69, 9.17) is 11.1 Å². The molecule has 0 aliphatic rings. The summed E-state index contributed by atoms with van der Waals surface area (Å²) in [5, 5.41) is 8.73. The van der Waals surface area contributed by atoms with Gasteiger partial charge in [-0.2, -0.15) is 5.26 Å². The van der Waals surface area contributed by atoms with Crippen molar-refractivity contribution in [3.63, 3.8) is 0 Å². The van der Waals surface area contributed by atoms with Gasteiger partial charge < -0.3 is 10.3 Å². The highest BCUT2D eigenvalue weighted by Gasteiger charge is 2.08. The Balaban J connectivity index is 2.62. The zero-order valence-electron chi connectivity index (χ0n) is 9.64. The fraction of sp³-hybridized carbons (Fsp3) is 0.455. The topological polar surface area (TPSA) is 78.0 Å². The van der Waals surface area contributed by atoms with Crippen LogP contribution in [0.1, 0.15) is 12.5 Å². The molecule has 0 aromatic carbocycles. The van der Waals surface area contributed by atoms with Crippen molar-refractivity contribution < 1.29 is 0 Å². The molecule has 5 nitrogen and oxygen atoms in total. The van der Waals surface area contributed by atoms with Gasteiger partial charge >= 0.3 is 0 Å². The van der Waals surface area contributed by atoms with E-state index in [0.717, 1.165) is 18.7 Å². The van der Waals surface area contributed by atoms with Gasteiger partial charge in [0, 0.05) is 24.8 Å². The molecule has 1 rings (SSSR count). The molecule has 0 bridgehead atoms. The second-order valence-electron chi connectivity index (χ2n) is 3.88. The number of hydrogen-bond donors (Lipinski definition) is 2. The standard InChI is InChI=1S/C11H17N5/c1-9(6-12)7-16(2)8-10-4-3-5-14-11(10)15-13/h3-5,9H,7-8,13H2,1-2H3,(H,14,15). The van der Waals surface area contributed by atoms with Gasteiger partial charge in [-0.1, -0.05) is 6.07 Å². The van der Waals surface area contributed by atoms with Gasteiger partial charge in [0.15, 0.2) is 0 Å². The third-order valence-corrected chi connectivity index (χ3v) is 2.27. The first-order valence-corrected chi connectivity index (χ1v) is 5.16. The largest absolute Gasteiger partial charge is 0.308 e. The lowest BCUT2D eigenvalue weighted by molar-refractivity contribution is 0.303. The minimum atomic E-state index is 0.0240. The minimum Gasteiger partial charge on any atom is -0.308 e. The molecule has 1 atom stereocenters. The molecule has 1 aromatic rings. The van der Waals surface area contributed by atoms with E-state index in [0.29, 0.717) is 5.82 Å². The van der Waals surface area contributed by atoms with E-state index < -0.39 is 0 Å². The summed E-state index contributed by atoms with van der Waals surface area (Å²) in [7, 11) is 1.97. The van der Waals surface area contributed by atoms with Crippen LogP contribution in [0.4, 0.5) is 5.82 Å². The lowest BCUT2D eigenvalue weighted by atomic mass is 10.2. The predicted molar refractivity (Wildman–Crippen MR) is 63.2 cm³/mol. The molecule has 1 unspecified atom stereocenters. The number of nitrogens with zero attached hydrogens (tertiary/aromatic N) is 3. The lowest BCUT2D eigenvalue weighted by Gasteiger charge is -2.18. The van der Waals surface area contributed by atoms with Crippen molar-refractivity contribution in [3.05, 3.63) is 23.9 Å². The molecule has 3 N–H and O–H groups in total. The Bertz CT molecular complexity index is 371. The monoisotopic (exact) mass is 219 g/mol. The second kappa shape index (κ2) is 6.05. The van der Waals surface area contributed by atoms with E-state index in [2.05, 4.69) is 21.4 Å². The molecule has 0 saturated carbocycles. The average molecular weight is 219 g/mol. The molecule has 1 heterocycles. The number of nitrogens with one attached hydrogen (secondary N) is 1. The Morgan fingerprint density at radius 2 is 2.44 bits per heavy atom. The van der Waals surface area contributed by atoms with Crippen LogP contribution in [0.5, 0.6) is 0 Å². The van der Waals surface area contributed by atoms with Crippen molar-refractivity contribution in [2.24, 2.45) is 11.8 Å². The van der Waals surface area contributed by atoms with Gasteiger partial charge in [-0.3, -0.25) is 0 Å². The van der Waals surface area contributed by atoms with E-state index in [1.807, 2.05) is 26.1 Å². The van der Waals surface area contributed by atoms with Crippen molar-refractivity contribution in [1.82, 2.24) is 9.88 Å². The first-order chi connectivity index (χ1) is 7.67. The summed E-state index contributed by atoms with van der Waals surface area (Å²) in [6.07, 6.45) is 1.69. The highest BCUT2D eigenvalue weighted by Crippen LogP contribution is 2.12. The molecule has 0 aliphatic heterocycles. The number of nitrogens with two attached hydrogens (primary N) is 1. The van der Waals surface area contributed by atoms with E-state index in [9.17, 15) is 0 Å². The Labute approximate surface area is 95.9 Å². The highest BCUT2D eigenvalue weighted by atomic mass is 15.3. The third-order valence-electron chi connectivity index (χ3n) is 2.27. The van der Waals surface area contributed by atoms with Crippen LogP contribution in [0.15, 0.2) is 18.3 Å². The first-order valence-electron chi connectivity index (χ1n) is 5.16. The summed E-state index contributed by atoms with van der Waals surface area (Å²) in [5.41, 5.74) is 3.59. The van der Waals surface area contributed by atoms with Crippen LogP contribution in [0.3, 0.4) is 0 Å². The molecule has 0 radical (unpaired) electrons. The van der Waals surface area contributed by atoms with Crippen molar-refractivity contribution in [2.45, 2.75) is 13.5 Å². The number of anilines is 1. The molecular formula is C11H17N5. The molecular weight excluding hydrogens is 202 g/mol. The number of rotatable bonds is 5. The van der Waals surface area contributed by atoms with E-state index in [-0.39, 0.29) is 5.92 Å². The molecule has 16 heavy (non-hydrogen) atoms. The van der Waals surface area contributed by atoms with Gasteiger partial charge in [0.2, 0.25) is 0 Å². The molecule has 86 valence electrons. The fourth-order valence-electron chi connectivity index (χ4n) is 1.56. The van der Waals surface area contributed by atoms with Gasteiger partial charge in [-0.15, -0.1) is 0 Å².